The van der Waals surface area contributed by atoms with Gasteiger partial charge in [0.2, 0.25) is 21.8 Å². The standard InChI is InChI=1S/C38H56N4O7S2/c1-25(2)31(23-26(3)34(44)41-51(47,48)24-28-15-13-12-14-16-28)42(11)36(46)33(37(5,6)7)40-35(45)32(39-10)38(8,9)29-17-19-30(20-18-29)49-21-22-50-27(4)43/h12-20,23,25,31-33,39H,21-22,24H2,1-11H3,(H,40,45)(H,41,44)/b26-23+/t31-,32-,33-/m1/s1. The Morgan fingerprint density at radius 2 is 1.51 bits per heavy atom. The van der Waals surface area contributed by atoms with Crippen LogP contribution in [-0.4, -0.2) is 80.7 Å². The molecule has 282 valence electrons. The van der Waals surface area contributed by atoms with Gasteiger partial charge in [0, 0.05) is 30.7 Å². The van der Waals surface area contributed by atoms with Gasteiger partial charge >= 0.3 is 0 Å². The molecule has 0 aliphatic carbocycles. The number of carbonyl (C=O) groups is 4. The summed E-state index contributed by atoms with van der Waals surface area (Å²) in [5.41, 5.74) is 0.178. The van der Waals surface area contributed by atoms with Crippen LogP contribution < -0.4 is 20.1 Å². The van der Waals surface area contributed by atoms with E-state index in [0.717, 1.165) is 5.56 Å². The zero-order chi connectivity index (χ0) is 38.7. The first-order chi connectivity index (χ1) is 23.6. The Morgan fingerprint density at radius 3 is 2.02 bits per heavy atom. The van der Waals surface area contributed by atoms with Crippen molar-refractivity contribution in [3.63, 3.8) is 0 Å². The second-order valence-electron chi connectivity index (χ2n) is 14.7. The van der Waals surface area contributed by atoms with E-state index < -0.39 is 44.9 Å². The largest absolute Gasteiger partial charge is 0.493 e. The average molecular weight is 745 g/mol. The summed E-state index contributed by atoms with van der Waals surface area (Å²) < 4.78 is 33.3. The van der Waals surface area contributed by atoms with Crippen molar-refractivity contribution in [3.8, 4) is 5.75 Å². The second-order valence-corrected chi connectivity index (χ2v) is 17.7. The average Bonchev–Trinajstić information content (AvgIpc) is 3.03. The van der Waals surface area contributed by atoms with Crippen LogP contribution >= 0.6 is 11.8 Å². The van der Waals surface area contributed by atoms with Crippen molar-refractivity contribution in [3.05, 3.63) is 77.4 Å². The molecule has 0 fully saturated rings. The third-order valence-corrected chi connectivity index (χ3v) is 10.6. The number of amides is 3. The molecule has 0 aromatic heterocycles. The van der Waals surface area contributed by atoms with Crippen molar-refractivity contribution in [1.82, 2.24) is 20.3 Å². The number of hydrogen-bond acceptors (Lipinski definition) is 9. The number of benzene rings is 2. The van der Waals surface area contributed by atoms with Crippen LogP contribution in [0, 0.1) is 11.3 Å². The molecule has 2 aromatic carbocycles. The lowest BCUT2D eigenvalue weighted by Crippen LogP contribution is -2.61. The van der Waals surface area contributed by atoms with Crippen molar-refractivity contribution in [2.24, 2.45) is 11.3 Å². The molecule has 2 aromatic rings. The molecule has 0 heterocycles. The quantitative estimate of drug-likeness (QED) is 0.153. The fourth-order valence-electron chi connectivity index (χ4n) is 5.67. The number of likely N-dealkylation sites (N-methyl/N-ethyl adjacent to an activating group) is 2. The van der Waals surface area contributed by atoms with Gasteiger partial charge in [-0.25, -0.2) is 13.1 Å². The number of hydrogen-bond donors (Lipinski definition) is 3. The van der Waals surface area contributed by atoms with Crippen molar-refractivity contribution in [2.45, 2.75) is 91.6 Å². The predicted molar refractivity (Wildman–Crippen MR) is 205 cm³/mol. The van der Waals surface area contributed by atoms with E-state index in [1.165, 1.54) is 30.5 Å². The third kappa shape index (κ3) is 13.1. The Morgan fingerprint density at radius 1 is 0.922 bits per heavy atom. The summed E-state index contributed by atoms with van der Waals surface area (Å²) in [6.07, 6.45) is 1.59. The van der Waals surface area contributed by atoms with Gasteiger partial charge in [-0.2, -0.15) is 0 Å². The molecule has 0 saturated heterocycles. The van der Waals surface area contributed by atoms with Gasteiger partial charge in [-0.15, -0.1) is 0 Å². The lowest BCUT2D eigenvalue weighted by molar-refractivity contribution is -0.140. The summed E-state index contributed by atoms with van der Waals surface area (Å²) in [5.74, 6) is -0.782. The Bertz CT molecular complexity index is 1630. The number of rotatable bonds is 17. The van der Waals surface area contributed by atoms with E-state index >= 15 is 0 Å². The number of carbonyl (C=O) groups excluding carboxylic acids is 4. The maximum atomic E-state index is 14.2. The second kappa shape index (κ2) is 18.7. The van der Waals surface area contributed by atoms with E-state index in [2.05, 4.69) is 15.4 Å². The summed E-state index contributed by atoms with van der Waals surface area (Å²) >= 11 is 1.20. The van der Waals surface area contributed by atoms with Crippen molar-refractivity contribution in [1.29, 1.82) is 0 Å². The zero-order valence-electron chi connectivity index (χ0n) is 31.8. The molecular weight excluding hydrogens is 689 g/mol. The van der Waals surface area contributed by atoms with Crippen LogP contribution in [0.15, 0.2) is 66.2 Å². The van der Waals surface area contributed by atoms with E-state index in [1.54, 1.807) is 50.5 Å². The molecule has 0 aliphatic heterocycles. The SMILES string of the molecule is CN[C@H](C(=O)N[C@H](C(=O)N(C)[C@H](/C=C(\C)C(=O)NS(=O)(=O)Cc1ccccc1)C(C)C)C(C)(C)C)C(C)(C)c1ccc(OCCSC(C)=O)cc1. The first-order valence-corrected chi connectivity index (χ1v) is 19.6. The van der Waals surface area contributed by atoms with Crippen LogP contribution in [0.25, 0.3) is 0 Å². The Balaban J connectivity index is 2.25. The monoisotopic (exact) mass is 744 g/mol. The maximum absolute atomic E-state index is 14.2. The highest BCUT2D eigenvalue weighted by Crippen LogP contribution is 2.30. The molecule has 0 saturated carbocycles. The topological polar surface area (TPSA) is 151 Å². The van der Waals surface area contributed by atoms with Gasteiger partial charge in [0.25, 0.3) is 5.91 Å². The molecule has 0 spiro atoms. The summed E-state index contributed by atoms with van der Waals surface area (Å²) in [5, 5.41) is 6.19. The number of sulfonamides is 1. The molecule has 13 heteroatoms. The Kier molecular flexibility index (Phi) is 15.9. The highest BCUT2D eigenvalue weighted by atomic mass is 32.2. The van der Waals surface area contributed by atoms with Gasteiger partial charge in [-0.1, -0.05) is 109 Å². The zero-order valence-corrected chi connectivity index (χ0v) is 33.5. The van der Waals surface area contributed by atoms with Gasteiger partial charge in [-0.3, -0.25) is 19.2 Å². The Labute approximate surface area is 308 Å². The fraction of sp³-hybridized carbons (Fsp3) is 0.526. The van der Waals surface area contributed by atoms with E-state index in [0.29, 0.717) is 23.7 Å². The molecular formula is C38H56N4O7S2. The molecule has 0 radical (unpaired) electrons. The molecule has 11 nitrogen and oxygen atoms in total. The molecule has 3 amide bonds. The lowest BCUT2D eigenvalue weighted by Gasteiger charge is -2.40. The molecule has 3 atom stereocenters. The van der Waals surface area contributed by atoms with Crippen LogP contribution in [0.1, 0.15) is 73.4 Å². The minimum absolute atomic E-state index is 0.0371. The minimum Gasteiger partial charge on any atom is -0.493 e. The van der Waals surface area contributed by atoms with Crippen LogP contribution in [0.5, 0.6) is 5.75 Å². The normalized spacial score (nSPS) is 14.3. The summed E-state index contributed by atoms with van der Waals surface area (Å²) in [4.78, 5) is 53.9. The van der Waals surface area contributed by atoms with Gasteiger partial charge in [-0.05, 0) is 48.6 Å². The summed E-state index contributed by atoms with van der Waals surface area (Å²) in [6, 6.07) is 13.8. The van der Waals surface area contributed by atoms with Crippen molar-refractivity contribution < 1.29 is 32.3 Å². The van der Waals surface area contributed by atoms with Crippen molar-refractivity contribution >= 4 is 44.6 Å². The lowest BCUT2D eigenvalue weighted by atomic mass is 9.76. The molecule has 3 N–H and O–H groups in total. The summed E-state index contributed by atoms with van der Waals surface area (Å²) in [7, 11) is -0.645. The van der Waals surface area contributed by atoms with Gasteiger partial charge < -0.3 is 20.3 Å². The first kappa shape index (κ1) is 43.5. The smallest absolute Gasteiger partial charge is 0.260 e. The minimum atomic E-state index is -3.96. The summed E-state index contributed by atoms with van der Waals surface area (Å²) in [6.45, 7) is 16.7. The molecule has 0 bridgehead atoms. The number of ether oxygens (including phenoxy) is 1. The van der Waals surface area contributed by atoms with Crippen LogP contribution in [-0.2, 0) is 40.4 Å². The van der Waals surface area contributed by atoms with Crippen LogP contribution in [0.3, 0.4) is 0 Å². The highest BCUT2D eigenvalue weighted by molar-refractivity contribution is 8.13. The van der Waals surface area contributed by atoms with E-state index in [-0.39, 0.29) is 34.2 Å². The molecule has 0 unspecified atom stereocenters. The fourth-order valence-corrected chi connectivity index (χ4v) is 7.27. The Hall–Kier alpha value is -3.68. The van der Waals surface area contributed by atoms with Gasteiger partial charge in [0.15, 0.2) is 5.12 Å². The maximum Gasteiger partial charge on any atom is 0.260 e. The number of thioether (sulfide) groups is 1. The molecule has 51 heavy (non-hydrogen) atoms. The first-order valence-electron chi connectivity index (χ1n) is 17.0. The van der Waals surface area contributed by atoms with Gasteiger partial charge in [0.05, 0.1) is 24.4 Å². The van der Waals surface area contributed by atoms with E-state index in [1.807, 2.05) is 72.7 Å². The number of nitrogens with zero attached hydrogens (tertiary/aromatic N) is 1. The predicted octanol–water partition coefficient (Wildman–Crippen LogP) is 4.82. The van der Waals surface area contributed by atoms with E-state index in [4.69, 9.17) is 4.74 Å². The molecule has 2 rings (SSSR count). The van der Waals surface area contributed by atoms with Gasteiger partial charge in [0.1, 0.15) is 11.8 Å². The van der Waals surface area contributed by atoms with Crippen molar-refractivity contribution in [2.75, 3.05) is 26.5 Å². The van der Waals surface area contributed by atoms with Crippen LogP contribution in [0.2, 0.25) is 0 Å². The third-order valence-electron chi connectivity index (χ3n) is 8.63. The molecule has 0 aliphatic rings. The highest BCUT2D eigenvalue weighted by Gasteiger charge is 2.41. The van der Waals surface area contributed by atoms with Crippen LogP contribution in [0.4, 0.5) is 0 Å². The number of nitrogens with one attached hydrogen (secondary N) is 3. The van der Waals surface area contributed by atoms with E-state index in [9.17, 15) is 27.6 Å².